The van der Waals surface area contributed by atoms with E-state index in [0.29, 0.717) is 6.42 Å². The summed E-state index contributed by atoms with van der Waals surface area (Å²) in [5.74, 6) is 0.713. The van der Waals surface area contributed by atoms with E-state index in [1.807, 2.05) is 18.2 Å². The van der Waals surface area contributed by atoms with Gasteiger partial charge in [0.05, 0.1) is 7.11 Å². The number of hydrogen-bond acceptors (Lipinski definition) is 2. The van der Waals surface area contributed by atoms with Gasteiger partial charge in [0.1, 0.15) is 5.75 Å². The van der Waals surface area contributed by atoms with Crippen LogP contribution >= 0.6 is 15.9 Å². The topological polar surface area (TPSA) is 26.3 Å². The van der Waals surface area contributed by atoms with Gasteiger partial charge >= 0.3 is 0 Å². The minimum absolute atomic E-state index is 0.0126. The van der Waals surface area contributed by atoms with Crippen molar-refractivity contribution >= 4 is 21.7 Å². The summed E-state index contributed by atoms with van der Waals surface area (Å²) in [6.07, 6.45) is 1.65. The van der Waals surface area contributed by atoms with E-state index in [1.54, 1.807) is 7.11 Å². The van der Waals surface area contributed by atoms with Gasteiger partial charge in [-0.1, -0.05) is 22.5 Å². The Labute approximate surface area is 91.7 Å². The first-order chi connectivity index (χ1) is 6.67. The first kappa shape index (κ1) is 11.0. The van der Waals surface area contributed by atoms with Crippen molar-refractivity contribution in [2.45, 2.75) is 6.42 Å². The maximum atomic E-state index is 11.2. The lowest BCUT2D eigenvalue weighted by Gasteiger charge is -2.06. The minimum Gasteiger partial charge on any atom is -0.496 e. The van der Waals surface area contributed by atoms with Crippen LogP contribution in [-0.2, 0) is 11.2 Å². The van der Waals surface area contributed by atoms with Crippen molar-refractivity contribution in [3.8, 4) is 5.75 Å². The molecule has 0 saturated heterocycles. The summed E-state index contributed by atoms with van der Waals surface area (Å²) < 4.78 is 6.07. The van der Waals surface area contributed by atoms with Crippen LogP contribution in [0, 0.1) is 0 Å². The van der Waals surface area contributed by atoms with Crippen molar-refractivity contribution in [1.29, 1.82) is 0 Å². The minimum atomic E-state index is -0.0126. The van der Waals surface area contributed by atoms with Gasteiger partial charge in [0, 0.05) is 16.5 Å². The summed E-state index contributed by atoms with van der Waals surface area (Å²) in [6.45, 7) is 3.43. The number of benzene rings is 1. The summed E-state index contributed by atoms with van der Waals surface area (Å²) in [5.41, 5.74) is 0.867. The van der Waals surface area contributed by atoms with Crippen LogP contribution in [0.3, 0.4) is 0 Å². The van der Waals surface area contributed by atoms with E-state index in [1.165, 1.54) is 6.08 Å². The number of ketones is 1. The molecule has 0 atom stereocenters. The van der Waals surface area contributed by atoms with Crippen LogP contribution in [0.2, 0.25) is 0 Å². The molecule has 0 aliphatic rings. The number of methoxy groups -OCH3 is 1. The van der Waals surface area contributed by atoms with Crippen LogP contribution in [0.25, 0.3) is 0 Å². The highest BCUT2D eigenvalue weighted by molar-refractivity contribution is 9.10. The van der Waals surface area contributed by atoms with Crippen molar-refractivity contribution in [1.82, 2.24) is 0 Å². The van der Waals surface area contributed by atoms with Gasteiger partial charge in [-0.2, -0.15) is 0 Å². The Bertz CT molecular complexity index is 358. The molecule has 0 fully saturated rings. The number of rotatable bonds is 4. The Kier molecular flexibility index (Phi) is 3.89. The molecule has 0 aliphatic heterocycles. The van der Waals surface area contributed by atoms with E-state index < -0.39 is 0 Å². The lowest BCUT2D eigenvalue weighted by Crippen LogP contribution is -2.00. The number of carbonyl (C=O) groups excluding carboxylic acids is 1. The fourth-order valence-electron chi connectivity index (χ4n) is 1.15. The van der Waals surface area contributed by atoms with Crippen LogP contribution in [0.15, 0.2) is 35.3 Å². The molecule has 2 nitrogen and oxygen atoms in total. The quantitative estimate of drug-likeness (QED) is 0.773. The zero-order chi connectivity index (χ0) is 10.6. The molecule has 1 aromatic carbocycles. The van der Waals surface area contributed by atoms with Gasteiger partial charge in [-0.3, -0.25) is 4.79 Å². The first-order valence-electron chi connectivity index (χ1n) is 4.15. The summed E-state index contributed by atoms with van der Waals surface area (Å²) in [5, 5.41) is 0. The molecule has 0 saturated carbocycles. The average Bonchev–Trinajstić information content (AvgIpc) is 2.18. The summed E-state index contributed by atoms with van der Waals surface area (Å²) >= 11 is 3.34. The van der Waals surface area contributed by atoms with Crippen molar-refractivity contribution in [3.63, 3.8) is 0 Å². The Morgan fingerprint density at radius 3 is 2.93 bits per heavy atom. The van der Waals surface area contributed by atoms with Crippen LogP contribution in [0.1, 0.15) is 5.56 Å². The highest BCUT2D eigenvalue weighted by Gasteiger charge is 2.06. The highest BCUT2D eigenvalue weighted by atomic mass is 79.9. The second kappa shape index (κ2) is 4.96. The van der Waals surface area contributed by atoms with Gasteiger partial charge < -0.3 is 4.74 Å². The molecule has 0 bridgehead atoms. The molecule has 1 rings (SSSR count). The monoisotopic (exact) mass is 254 g/mol. The lowest BCUT2D eigenvalue weighted by atomic mass is 10.1. The Hall–Kier alpha value is -1.09. The Morgan fingerprint density at radius 1 is 1.64 bits per heavy atom. The standard InChI is InChI=1S/C11H11BrO2/c1-3-10(13)7-8-6-9(12)4-5-11(8)14-2/h3-6H,1,7H2,2H3. The summed E-state index contributed by atoms with van der Waals surface area (Å²) in [6, 6.07) is 5.58. The molecule has 3 heteroatoms. The van der Waals surface area contributed by atoms with Gasteiger partial charge in [-0.05, 0) is 24.3 Å². The zero-order valence-corrected chi connectivity index (χ0v) is 9.50. The summed E-state index contributed by atoms with van der Waals surface area (Å²) in [4.78, 5) is 11.2. The Balaban J connectivity index is 2.98. The average molecular weight is 255 g/mol. The third-order valence-corrected chi connectivity index (χ3v) is 2.33. The maximum Gasteiger partial charge on any atom is 0.159 e. The number of halogens is 1. The zero-order valence-electron chi connectivity index (χ0n) is 7.92. The molecule has 0 N–H and O–H groups in total. The molecule has 0 aliphatic carbocycles. The van der Waals surface area contributed by atoms with E-state index in [0.717, 1.165) is 15.8 Å². The molecule has 0 heterocycles. The molecule has 0 radical (unpaired) electrons. The normalized spacial score (nSPS) is 9.57. The molecular weight excluding hydrogens is 244 g/mol. The molecule has 0 amide bonds. The first-order valence-corrected chi connectivity index (χ1v) is 4.94. The number of ether oxygens (including phenoxy) is 1. The number of carbonyl (C=O) groups is 1. The van der Waals surface area contributed by atoms with Crippen LogP contribution < -0.4 is 4.74 Å². The van der Waals surface area contributed by atoms with Crippen molar-refractivity contribution < 1.29 is 9.53 Å². The fraction of sp³-hybridized carbons (Fsp3) is 0.182. The SMILES string of the molecule is C=CC(=O)Cc1cc(Br)ccc1OC. The maximum absolute atomic E-state index is 11.2. The molecule has 74 valence electrons. The van der Waals surface area contributed by atoms with Crippen LogP contribution in [0.5, 0.6) is 5.75 Å². The third-order valence-electron chi connectivity index (χ3n) is 1.83. The van der Waals surface area contributed by atoms with Crippen LogP contribution in [0.4, 0.5) is 0 Å². The van der Waals surface area contributed by atoms with Gasteiger partial charge in [0.15, 0.2) is 5.78 Å². The van der Waals surface area contributed by atoms with Gasteiger partial charge in [0.2, 0.25) is 0 Å². The number of hydrogen-bond donors (Lipinski definition) is 0. The largest absolute Gasteiger partial charge is 0.496 e. The number of allylic oxidation sites excluding steroid dienone is 1. The van der Waals surface area contributed by atoms with E-state index in [2.05, 4.69) is 22.5 Å². The molecular formula is C11H11BrO2. The van der Waals surface area contributed by atoms with Crippen molar-refractivity contribution in [2.24, 2.45) is 0 Å². The molecule has 0 spiro atoms. The Morgan fingerprint density at radius 2 is 2.36 bits per heavy atom. The van der Waals surface area contributed by atoms with E-state index in [-0.39, 0.29) is 5.78 Å². The van der Waals surface area contributed by atoms with Crippen molar-refractivity contribution in [2.75, 3.05) is 7.11 Å². The lowest BCUT2D eigenvalue weighted by molar-refractivity contribution is -0.114. The smallest absolute Gasteiger partial charge is 0.159 e. The van der Waals surface area contributed by atoms with Gasteiger partial charge in [-0.15, -0.1) is 0 Å². The van der Waals surface area contributed by atoms with E-state index >= 15 is 0 Å². The van der Waals surface area contributed by atoms with E-state index in [4.69, 9.17) is 4.74 Å². The predicted octanol–water partition coefficient (Wildman–Crippen LogP) is 2.76. The molecule has 1 aromatic rings. The molecule has 14 heavy (non-hydrogen) atoms. The van der Waals surface area contributed by atoms with Gasteiger partial charge in [0.25, 0.3) is 0 Å². The molecule has 0 unspecified atom stereocenters. The fourth-order valence-corrected chi connectivity index (χ4v) is 1.55. The van der Waals surface area contributed by atoms with Gasteiger partial charge in [-0.25, -0.2) is 0 Å². The highest BCUT2D eigenvalue weighted by Crippen LogP contribution is 2.23. The second-order valence-corrected chi connectivity index (χ2v) is 3.72. The predicted molar refractivity (Wildman–Crippen MR) is 59.6 cm³/mol. The van der Waals surface area contributed by atoms with Crippen LogP contribution in [-0.4, -0.2) is 12.9 Å². The second-order valence-electron chi connectivity index (χ2n) is 2.80. The molecule has 0 aromatic heterocycles. The van der Waals surface area contributed by atoms with E-state index in [9.17, 15) is 4.79 Å². The van der Waals surface area contributed by atoms with Crippen molar-refractivity contribution in [3.05, 3.63) is 40.9 Å². The third kappa shape index (κ3) is 2.70. The summed E-state index contributed by atoms with van der Waals surface area (Å²) in [7, 11) is 1.59.